The Balaban J connectivity index is 2.07. The van der Waals surface area contributed by atoms with E-state index >= 15 is 0 Å². The lowest BCUT2D eigenvalue weighted by Gasteiger charge is -2.03. The van der Waals surface area contributed by atoms with Crippen LogP contribution in [0.25, 0.3) is 10.9 Å². The molecule has 3 rings (SSSR count). The zero-order valence-corrected chi connectivity index (χ0v) is 11.8. The van der Waals surface area contributed by atoms with Gasteiger partial charge in [-0.25, -0.2) is 9.78 Å². The van der Waals surface area contributed by atoms with E-state index in [1.54, 1.807) is 30.3 Å². The molecule has 0 saturated carbocycles. The largest absolute Gasteiger partial charge is 0.408 e. The maximum absolute atomic E-state index is 12.0. The highest BCUT2D eigenvalue weighted by atomic mass is 16.6. The van der Waals surface area contributed by atoms with Crippen molar-refractivity contribution < 1.29 is 9.34 Å². The summed E-state index contributed by atoms with van der Waals surface area (Å²) in [4.78, 5) is 26.9. The average Bonchev–Trinajstić information content (AvgIpc) is 2.48. The maximum atomic E-state index is 12.0. The molecule has 0 unspecified atom stereocenters. The SMILES string of the molecule is Cc1ccc2nc(Cc3ccccc3[N+](=O)[O-])oc(=O)c2c1. The highest BCUT2D eigenvalue weighted by Crippen LogP contribution is 2.21. The zero-order chi connectivity index (χ0) is 15.7. The van der Waals surface area contributed by atoms with Gasteiger partial charge in [0, 0.05) is 11.6 Å². The van der Waals surface area contributed by atoms with Gasteiger partial charge in [-0.05, 0) is 19.1 Å². The van der Waals surface area contributed by atoms with E-state index < -0.39 is 10.5 Å². The minimum atomic E-state index is -0.484. The number of para-hydroxylation sites is 1. The Kier molecular flexibility index (Phi) is 3.42. The smallest absolute Gasteiger partial charge is 0.346 e. The van der Waals surface area contributed by atoms with E-state index in [0.717, 1.165) is 5.56 Å². The van der Waals surface area contributed by atoms with Crippen molar-refractivity contribution in [2.75, 3.05) is 0 Å². The molecule has 0 aliphatic heterocycles. The first-order chi connectivity index (χ1) is 10.5. The first-order valence-corrected chi connectivity index (χ1v) is 6.67. The second kappa shape index (κ2) is 5.40. The van der Waals surface area contributed by atoms with E-state index in [-0.39, 0.29) is 18.0 Å². The van der Waals surface area contributed by atoms with Crippen molar-refractivity contribution in [2.45, 2.75) is 13.3 Å². The van der Waals surface area contributed by atoms with Gasteiger partial charge in [-0.3, -0.25) is 10.1 Å². The van der Waals surface area contributed by atoms with E-state index in [9.17, 15) is 14.9 Å². The van der Waals surface area contributed by atoms with Gasteiger partial charge in [0.05, 0.1) is 22.2 Å². The van der Waals surface area contributed by atoms with E-state index in [1.165, 1.54) is 6.07 Å². The van der Waals surface area contributed by atoms with Crippen LogP contribution in [0.15, 0.2) is 51.7 Å². The Labute approximate surface area is 125 Å². The van der Waals surface area contributed by atoms with Gasteiger partial charge >= 0.3 is 5.63 Å². The Morgan fingerprint density at radius 1 is 1.23 bits per heavy atom. The molecule has 0 fully saturated rings. The van der Waals surface area contributed by atoms with Crippen LogP contribution in [-0.4, -0.2) is 9.91 Å². The summed E-state index contributed by atoms with van der Waals surface area (Å²) < 4.78 is 5.19. The van der Waals surface area contributed by atoms with Crippen molar-refractivity contribution in [3.05, 3.63) is 80.0 Å². The molecule has 0 radical (unpaired) electrons. The number of hydrogen-bond acceptors (Lipinski definition) is 5. The number of rotatable bonds is 3. The summed E-state index contributed by atoms with van der Waals surface area (Å²) in [6, 6.07) is 11.6. The van der Waals surface area contributed by atoms with Crippen LogP contribution in [0, 0.1) is 17.0 Å². The minimum Gasteiger partial charge on any atom is -0.408 e. The van der Waals surface area contributed by atoms with Gasteiger partial charge in [-0.15, -0.1) is 0 Å². The van der Waals surface area contributed by atoms with Crippen LogP contribution in [0.3, 0.4) is 0 Å². The third-order valence-electron chi connectivity index (χ3n) is 3.36. The summed E-state index contributed by atoms with van der Waals surface area (Å²) in [5, 5.41) is 11.4. The lowest BCUT2D eigenvalue weighted by molar-refractivity contribution is -0.385. The van der Waals surface area contributed by atoms with Gasteiger partial charge in [0.15, 0.2) is 0 Å². The van der Waals surface area contributed by atoms with Crippen LogP contribution in [0.4, 0.5) is 5.69 Å². The Hall–Kier alpha value is -3.02. The minimum absolute atomic E-state index is 0.0176. The second-order valence-electron chi connectivity index (χ2n) is 4.98. The van der Waals surface area contributed by atoms with Gasteiger partial charge in [0.25, 0.3) is 5.69 Å². The number of benzene rings is 2. The summed E-state index contributed by atoms with van der Waals surface area (Å²) >= 11 is 0. The molecule has 110 valence electrons. The fourth-order valence-electron chi connectivity index (χ4n) is 2.31. The van der Waals surface area contributed by atoms with Gasteiger partial charge in [-0.2, -0.15) is 0 Å². The average molecular weight is 296 g/mol. The summed E-state index contributed by atoms with van der Waals surface area (Å²) in [5.74, 6) is 0.163. The van der Waals surface area contributed by atoms with Crippen LogP contribution in [0.2, 0.25) is 0 Å². The van der Waals surface area contributed by atoms with Crippen molar-refractivity contribution in [2.24, 2.45) is 0 Å². The highest BCUT2D eigenvalue weighted by molar-refractivity contribution is 5.77. The summed E-state index contributed by atoms with van der Waals surface area (Å²) in [6.45, 7) is 1.88. The van der Waals surface area contributed by atoms with Crippen LogP contribution in [0.1, 0.15) is 17.0 Å². The van der Waals surface area contributed by atoms with Gasteiger partial charge in [0.2, 0.25) is 5.89 Å². The van der Waals surface area contributed by atoms with Crippen molar-refractivity contribution in [3.63, 3.8) is 0 Å². The molecule has 6 nitrogen and oxygen atoms in total. The molecule has 22 heavy (non-hydrogen) atoms. The first kappa shape index (κ1) is 13.9. The van der Waals surface area contributed by atoms with Crippen molar-refractivity contribution in [1.82, 2.24) is 4.98 Å². The molecule has 0 saturated heterocycles. The molecule has 0 atom stereocenters. The molecular weight excluding hydrogens is 284 g/mol. The molecule has 2 aromatic carbocycles. The van der Waals surface area contributed by atoms with Gasteiger partial charge < -0.3 is 4.42 Å². The lowest BCUT2D eigenvalue weighted by Crippen LogP contribution is -2.06. The van der Waals surface area contributed by atoms with Crippen molar-refractivity contribution in [1.29, 1.82) is 0 Å². The fourth-order valence-corrected chi connectivity index (χ4v) is 2.31. The number of aryl methyl sites for hydroxylation is 1. The number of aromatic nitrogens is 1. The van der Waals surface area contributed by atoms with E-state index in [4.69, 9.17) is 4.42 Å². The Morgan fingerprint density at radius 3 is 2.77 bits per heavy atom. The van der Waals surface area contributed by atoms with Gasteiger partial charge in [0.1, 0.15) is 0 Å². The quantitative estimate of drug-likeness (QED) is 0.547. The predicted octanol–water partition coefficient (Wildman–Crippen LogP) is 3.00. The number of nitro benzene ring substituents is 1. The Morgan fingerprint density at radius 2 is 2.00 bits per heavy atom. The fraction of sp³-hybridized carbons (Fsp3) is 0.125. The molecule has 6 heteroatoms. The second-order valence-corrected chi connectivity index (χ2v) is 4.98. The molecule has 0 amide bonds. The maximum Gasteiger partial charge on any atom is 0.346 e. The standard InChI is InChI=1S/C16H12N2O4/c1-10-6-7-13-12(8-10)16(19)22-15(17-13)9-11-4-2-3-5-14(11)18(20)21/h2-8H,9H2,1H3. The van der Waals surface area contributed by atoms with Crippen LogP contribution < -0.4 is 5.63 Å². The number of nitro groups is 1. The molecule has 3 aromatic rings. The van der Waals surface area contributed by atoms with E-state index in [2.05, 4.69) is 4.98 Å². The topological polar surface area (TPSA) is 86.2 Å². The number of nitrogens with zero attached hydrogens (tertiary/aromatic N) is 2. The molecule has 0 bridgehead atoms. The molecule has 1 aromatic heterocycles. The molecular formula is C16H12N2O4. The normalized spacial score (nSPS) is 10.8. The van der Waals surface area contributed by atoms with Crippen LogP contribution in [0.5, 0.6) is 0 Å². The highest BCUT2D eigenvalue weighted by Gasteiger charge is 2.15. The van der Waals surface area contributed by atoms with E-state index in [1.807, 2.05) is 13.0 Å². The van der Waals surface area contributed by atoms with E-state index in [0.29, 0.717) is 16.5 Å². The Bertz CT molecular complexity index is 931. The number of hydrogen-bond donors (Lipinski definition) is 0. The molecule has 0 aliphatic rings. The predicted molar refractivity (Wildman–Crippen MR) is 80.9 cm³/mol. The van der Waals surface area contributed by atoms with Crippen LogP contribution >= 0.6 is 0 Å². The number of fused-ring (bicyclic) bond motifs is 1. The third kappa shape index (κ3) is 2.58. The first-order valence-electron chi connectivity index (χ1n) is 6.67. The monoisotopic (exact) mass is 296 g/mol. The lowest BCUT2D eigenvalue weighted by atomic mass is 10.1. The third-order valence-corrected chi connectivity index (χ3v) is 3.36. The molecule has 1 heterocycles. The van der Waals surface area contributed by atoms with Crippen molar-refractivity contribution >= 4 is 16.6 Å². The summed E-state index contributed by atoms with van der Waals surface area (Å²) in [6.07, 6.45) is 0.0935. The molecule has 0 spiro atoms. The summed E-state index contributed by atoms with van der Waals surface area (Å²) in [5.41, 5.74) is 1.41. The van der Waals surface area contributed by atoms with Crippen molar-refractivity contribution in [3.8, 4) is 0 Å². The van der Waals surface area contributed by atoms with Gasteiger partial charge in [-0.1, -0.05) is 29.8 Å². The van der Waals surface area contributed by atoms with Crippen LogP contribution in [-0.2, 0) is 6.42 Å². The molecule has 0 aliphatic carbocycles. The zero-order valence-electron chi connectivity index (χ0n) is 11.8. The summed E-state index contributed by atoms with van der Waals surface area (Å²) in [7, 11) is 0. The molecule has 0 N–H and O–H groups in total.